The molecule has 0 heterocycles. The molecule has 1 aromatic carbocycles. The maximum absolute atomic E-state index is 12.2. The van der Waals surface area contributed by atoms with Gasteiger partial charge >= 0.3 is 5.97 Å². The van der Waals surface area contributed by atoms with Crippen LogP contribution in [0.5, 0.6) is 0 Å². The fourth-order valence-corrected chi connectivity index (χ4v) is 2.33. The number of anilines is 1. The maximum Gasteiger partial charge on any atom is 0.306 e. The Kier molecular flexibility index (Phi) is 7.65. The second-order valence-electron chi connectivity index (χ2n) is 5.04. The molecule has 0 unspecified atom stereocenters. The zero-order chi connectivity index (χ0) is 16.7. The lowest BCUT2D eigenvalue weighted by Gasteiger charge is -2.25. The van der Waals surface area contributed by atoms with E-state index in [1.54, 1.807) is 18.2 Å². The number of amides is 1. The molecule has 0 saturated carbocycles. The average molecular weight is 347 g/mol. The van der Waals surface area contributed by atoms with Crippen molar-refractivity contribution < 1.29 is 14.3 Å². The van der Waals surface area contributed by atoms with Crippen molar-refractivity contribution in [3.63, 3.8) is 0 Å². The quantitative estimate of drug-likeness (QED) is 0.770. The van der Waals surface area contributed by atoms with Crippen LogP contribution in [0, 0.1) is 0 Å². The predicted molar refractivity (Wildman–Crippen MR) is 88.4 cm³/mol. The number of benzene rings is 1. The van der Waals surface area contributed by atoms with Crippen LogP contribution >= 0.6 is 23.2 Å². The molecular weight excluding hydrogens is 327 g/mol. The number of rotatable bonds is 7. The largest absolute Gasteiger partial charge is 0.469 e. The van der Waals surface area contributed by atoms with E-state index in [9.17, 15) is 9.59 Å². The number of esters is 1. The van der Waals surface area contributed by atoms with E-state index in [0.717, 1.165) is 0 Å². The topological polar surface area (TPSA) is 58.6 Å². The molecule has 7 heteroatoms. The molecular formula is C15H20Cl2N2O3. The first-order chi connectivity index (χ1) is 10.3. The number of carbonyl (C=O) groups excluding carboxylic acids is 2. The Balaban J connectivity index is 2.65. The molecule has 0 aromatic heterocycles. The predicted octanol–water partition coefficient (Wildman–Crippen LogP) is 3.21. The van der Waals surface area contributed by atoms with Crippen LogP contribution in [-0.2, 0) is 14.3 Å². The molecule has 1 N–H and O–H groups in total. The third-order valence-electron chi connectivity index (χ3n) is 3.13. The van der Waals surface area contributed by atoms with Crippen LogP contribution in [0.4, 0.5) is 5.69 Å². The molecule has 1 aromatic rings. The van der Waals surface area contributed by atoms with Crippen LogP contribution in [0.15, 0.2) is 18.2 Å². The Hall–Kier alpha value is -1.30. The zero-order valence-electron chi connectivity index (χ0n) is 12.9. The minimum absolute atomic E-state index is 0.108. The third-order valence-corrected chi connectivity index (χ3v) is 3.76. The lowest BCUT2D eigenvalue weighted by Crippen LogP contribution is -2.39. The van der Waals surface area contributed by atoms with Crippen LogP contribution in [0.2, 0.25) is 10.0 Å². The average Bonchev–Trinajstić information content (AvgIpc) is 2.46. The van der Waals surface area contributed by atoms with Crippen LogP contribution in [0.25, 0.3) is 0 Å². The summed E-state index contributed by atoms with van der Waals surface area (Å²) in [5.74, 6) is -0.547. The number of hydrogen-bond donors (Lipinski definition) is 1. The Morgan fingerprint density at radius 2 is 1.86 bits per heavy atom. The first kappa shape index (κ1) is 18.7. The summed E-state index contributed by atoms with van der Waals surface area (Å²) in [6, 6.07) is 5.12. The minimum Gasteiger partial charge on any atom is -0.469 e. The second-order valence-corrected chi connectivity index (χ2v) is 5.85. The summed E-state index contributed by atoms with van der Waals surface area (Å²) < 4.78 is 4.61. The number of para-hydroxylation sites is 1. The van der Waals surface area contributed by atoms with Gasteiger partial charge in [-0.3, -0.25) is 14.5 Å². The standard InChI is InChI=1S/C15H20Cl2N2O3/c1-10(2)19(8-7-14(21)22-3)9-13(20)18-15-11(16)5-4-6-12(15)17/h4-6,10H,7-9H2,1-3H3,(H,18,20). The van der Waals surface area contributed by atoms with E-state index in [0.29, 0.717) is 22.3 Å². The van der Waals surface area contributed by atoms with Crippen LogP contribution in [0.3, 0.4) is 0 Å². The normalized spacial score (nSPS) is 10.9. The summed E-state index contributed by atoms with van der Waals surface area (Å²) in [4.78, 5) is 25.3. The van der Waals surface area contributed by atoms with E-state index in [2.05, 4.69) is 10.1 Å². The molecule has 122 valence electrons. The molecule has 0 fully saturated rings. The monoisotopic (exact) mass is 346 g/mol. The Morgan fingerprint density at radius 1 is 1.27 bits per heavy atom. The molecule has 5 nitrogen and oxygen atoms in total. The smallest absolute Gasteiger partial charge is 0.306 e. The minimum atomic E-state index is -0.305. The van der Waals surface area contributed by atoms with E-state index >= 15 is 0 Å². The van der Waals surface area contributed by atoms with Gasteiger partial charge in [0.1, 0.15) is 0 Å². The highest BCUT2D eigenvalue weighted by molar-refractivity contribution is 6.39. The van der Waals surface area contributed by atoms with E-state index in [1.807, 2.05) is 18.7 Å². The van der Waals surface area contributed by atoms with Crippen molar-refractivity contribution in [3.8, 4) is 0 Å². The Morgan fingerprint density at radius 3 is 2.36 bits per heavy atom. The number of hydrogen-bond acceptors (Lipinski definition) is 4. The number of nitrogens with one attached hydrogen (secondary N) is 1. The van der Waals surface area contributed by atoms with Crippen LogP contribution < -0.4 is 5.32 Å². The number of nitrogens with zero attached hydrogens (tertiary/aromatic N) is 1. The van der Waals surface area contributed by atoms with E-state index in [4.69, 9.17) is 23.2 Å². The van der Waals surface area contributed by atoms with Crippen molar-refractivity contribution in [3.05, 3.63) is 28.2 Å². The summed E-state index contributed by atoms with van der Waals surface area (Å²) in [6.45, 7) is 4.48. The van der Waals surface area contributed by atoms with E-state index in [-0.39, 0.29) is 30.9 Å². The molecule has 22 heavy (non-hydrogen) atoms. The lowest BCUT2D eigenvalue weighted by atomic mass is 10.2. The molecule has 0 spiro atoms. The maximum atomic E-state index is 12.2. The summed E-state index contributed by atoms with van der Waals surface area (Å²) in [6.07, 6.45) is 0.231. The van der Waals surface area contributed by atoms with Gasteiger partial charge in [-0.25, -0.2) is 0 Å². The summed E-state index contributed by atoms with van der Waals surface area (Å²) >= 11 is 12.0. The van der Waals surface area contributed by atoms with Gasteiger partial charge in [-0.05, 0) is 26.0 Å². The molecule has 0 radical (unpaired) electrons. The zero-order valence-corrected chi connectivity index (χ0v) is 14.4. The van der Waals surface area contributed by atoms with Gasteiger partial charge in [-0.1, -0.05) is 29.3 Å². The number of carbonyl (C=O) groups is 2. The number of methoxy groups -OCH3 is 1. The molecule has 1 amide bonds. The molecule has 0 aliphatic rings. The highest BCUT2D eigenvalue weighted by atomic mass is 35.5. The van der Waals surface area contributed by atoms with Gasteiger partial charge in [0.25, 0.3) is 0 Å². The third kappa shape index (κ3) is 5.83. The first-order valence-electron chi connectivity index (χ1n) is 6.90. The fraction of sp³-hybridized carbons (Fsp3) is 0.467. The molecule has 1 rings (SSSR count). The van der Waals surface area contributed by atoms with Gasteiger partial charge in [0, 0.05) is 12.6 Å². The second kappa shape index (κ2) is 8.98. The fourth-order valence-electron chi connectivity index (χ4n) is 1.84. The SMILES string of the molecule is COC(=O)CCN(CC(=O)Nc1c(Cl)cccc1Cl)C(C)C. The van der Waals surface area contributed by atoms with Crippen molar-refractivity contribution in [2.24, 2.45) is 0 Å². The lowest BCUT2D eigenvalue weighted by molar-refractivity contribution is -0.141. The van der Waals surface area contributed by atoms with Gasteiger partial charge in [0.2, 0.25) is 5.91 Å². The van der Waals surface area contributed by atoms with Crippen LogP contribution in [0.1, 0.15) is 20.3 Å². The van der Waals surface area contributed by atoms with Crippen molar-refractivity contribution in [2.75, 3.05) is 25.5 Å². The van der Waals surface area contributed by atoms with Gasteiger partial charge < -0.3 is 10.1 Å². The van der Waals surface area contributed by atoms with Crippen molar-refractivity contribution in [1.82, 2.24) is 4.90 Å². The molecule has 0 atom stereocenters. The summed E-state index contributed by atoms with van der Waals surface area (Å²) in [5.41, 5.74) is 0.396. The molecule has 0 aliphatic heterocycles. The van der Waals surface area contributed by atoms with Gasteiger partial charge in [0.05, 0.1) is 35.8 Å². The van der Waals surface area contributed by atoms with Gasteiger partial charge in [0.15, 0.2) is 0 Å². The first-order valence-corrected chi connectivity index (χ1v) is 7.65. The van der Waals surface area contributed by atoms with Gasteiger partial charge in [-0.2, -0.15) is 0 Å². The van der Waals surface area contributed by atoms with Crippen molar-refractivity contribution in [2.45, 2.75) is 26.3 Å². The molecule has 0 bridgehead atoms. The van der Waals surface area contributed by atoms with Gasteiger partial charge in [-0.15, -0.1) is 0 Å². The van der Waals surface area contributed by atoms with E-state index < -0.39 is 0 Å². The van der Waals surface area contributed by atoms with Crippen molar-refractivity contribution >= 4 is 40.8 Å². The Labute approximate surface area is 140 Å². The highest BCUT2D eigenvalue weighted by Gasteiger charge is 2.17. The highest BCUT2D eigenvalue weighted by Crippen LogP contribution is 2.29. The number of ether oxygens (including phenoxy) is 1. The number of halogens is 2. The summed E-state index contributed by atoms with van der Waals surface area (Å²) in [7, 11) is 1.34. The van der Waals surface area contributed by atoms with Crippen LogP contribution in [-0.4, -0.2) is 43.0 Å². The molecule has 0 saturated heterocycles. The molecule has 0 aliphatic carbocycles. The van der Waals surface area contributed by atoms with Crippen molar-refractivity contribution in [1.29, 1.82) is 0 Å². The Bertz CT molecular complexity index is 515. The van der Waals surface area contributed by atoms with E-state index in [1.165, 1.54) is 7.11 Å². The summed E-state index contributed by atoms with van der Waals surface area (Å²) in [5, 5.41) is 3.47.